The summed E-state index contributed by atoms with van der Waals surface area (Å²) in [6, 6.07) is 23.6. The molecule has 0 aliphatic carbocycles. The number of aromatic nitrogens is 1. The molecule has 0 saturated carbocycles. The lowest BCUT2D eigenvalue weighted by atomic mass is 10.0. The van der Waals surface area contributed by atoms with Crippen molar-refractivity contribution in [3.05, 3.63) is 94.9 Å². The maximum atomic E-state index is 13.1. The zero-order chi connectivity index (χ0) is 22.2. The molecule has 5 nitrogen and oxygen atoms in total. The van der Waals surface area contributed by atoms with E-state index >= 15 is 0 Å². The first kappa shape index (κ1) is 20.4. The Morgan fingerprint density at radius 3 is 2.06 bits per heavy atom. The summed E-state index contributed by atoms with van der Waals surface area (Å²) in [6.45, 7) is 0. The molecule has 1 fully saturated rings. The summed E-state index contributed by atoms with van der Waals surface area (Å²) in [5, 5.41) is 1.15. The standard InChI is InChI=1S/C25H15ClN2O3S/c26-23(22(29)15-8-2-1-3-9-15)28-24(30)21(32-25(28)31)14-18-16-10-4-6-12-19(16)27-20-13-7-5-11-17(18)20/h1-14,23H. The van der Waals surface area contributed by atoms with Crippen LogP contribution in [-0.2, 0) is 4.79 Å². The minimum absolute atomic E-state index is 0.211. The summed E-state index contributed by atoms with van der Waals surface area (Å²) < 4.78 is 0. The van der Waals surface area contributed by atoms with Gasteiger partial charge < -0.3 is 0 Å². The van der Waals surface area contributed by atoms with Crippen molar-refractivity contribution < 1.29 is 14.4 Å². The lowest BCUT2D eigenvalue weighted by Gasteiger charge is -2.18. The summed E-state index contributed by atoms with van der Waals surface area (Å²) in [4.78, 5) is 44.2. The van der Waals surface area contributed by atoms with Crippen LogP contribution >= 0.6 is 23.4 Å². The van der Waals surface area contributed by atoms with Crippen LogP contribution in [-0.4, -0.2) is 32.3 Å². The second-order valence-corrected chi connectivity index (χ2v) is 8.58. The number of pyridine rings is 1. The highest BCUT2D eigenvalue weighted by Crippen LogP contribution is 2.37. The van der Waals surface area contributed by atoms with E-state index in [9.17, 15) is 14.4 Å². The van der Waals surface area contributed by atoms with Gasteiger partial charge in [0.15, 0.2) is 5.50 Å². The van der Waals surface area contributed by atoms with Gasteiger partial charge in [-0.25, -0.2) is 9.88 Å². The third-order valence-electron chi connectivity index (χ3n) is 5.23. The molecule has 7 heteroatoms. The van der Waals surface area contributed by atoms with Crippen molar-refractivity contribution in [1.29, 1.82) is 0 Å². The number of benzene rings is 3. The van der Waals surface area contributed by atoms with Gasteiger partial charge in [0.2, 0.25) is 5.78 Å². The molecule has 2 heterocycles. The average Bonchev–Trinajstić information content (AvgIpc) is 3.11. The number of fused-ring (bicyclic) bond motifs is 2. The monoisotopic (exact) mass is 458 g/mol. The predicted molar refractivity (Wildman–Crippen MR) is 127 cm³/mol. The van der Waals surface area contributed by atoms with Crippen LogP contribution in [0.2, 0.25) is 0 Å². The number of imide groups is 1. The molecule has 156 valence electrons. The van der Waals surface area contributed by atoms with E-state index in [1.165, 1.54) is 0 Å². The van der Waals surface area contributed by atoms with E-state index in [1.807, 2.05) is 48.5 Å². The third-order valence-corrected chi connectivity index (χ3v) is 6.51. The largest absolute Gasteiger partial charge is 0.295 e. The SMILES string of the molecule is O=C(c1ccccc1)C(Cl)N1C(=O)SC(=Cc2c3ccccc3nc3ccccc23)C1=O. The molecule has 1 aromatic heterocycles. The number of amides is 2. The summed E-state index contributed by atoms with van der Waals surface area (Å²) in [5.41, 5.74) is 1.28. The second-order valence-electron chi connectivity index (χ2n) is 7.18. The van der Waals surface area contributed by atoms with Crippen molar-refractivity contribution in [2.45, 2.75) is 5.50 Å². The van der Waals surface area contributed by atoms with Gasteiger partial charge in [-0.15, -0.1) is 0 Å². The fraction of sp³-hybridized carbons (Fsp3) is 0.0400. The van der Waals surface area contributed by atoms with Gasteiger partial charge in [-0.2, -0.15) is 0 Å². The number of rotatable bonds is 4. The van der Waals surface area contributed by atoms with Crippen molar-refractivity contribution in [3.63, 3.8) is 0 Å². The van der Waals surface area contributed by atoms with Gasteiger partial charge in [0.1, 0.15) is 0 Å². The van der Waals surface area contributed by atoms with E-state index in [0.717, 1.165) is 44.0 Å². The number of para-hydroxylation sites is 2. The van der Waals surface area contributed by atoms with Gasteiger partial charge in [-0.05, 0) is 35.5 Å². The highest BCUT2D eigenvalue weighted by atomic mass is 35.5. The molecule has 0 spiro atoms. The van der Waals surface area contributed by atoms with Crippen LogP contribution in [0.4, 0.5) is 4.79 Å². The van der Waals surface area contributed by atoms with Crippen LogP contribution in [0, 0.1) is 0 Å². The zero-order valence-electron chi connectivity index (χ0n) is 16.6. The quantitative estimate of drug-likeness (QED) is 0.126. The molecule has 1 saturated heterocycles. The number of thioether (sulfide) groups is 1. The number of alkyl halides is 1. The highest BCUT2D eigenvalue weighted by molar-refractivity contribution is 8.18. The minimum atomic E-state index is -1.42. The molecule has 1 aliphatic rings. The average molecular weight is 459 g/mol. The first-order chi connectivity index (χ1) is 15.5. The van der Waals surface area contributed by atoms with E-state index in [1.54, 1.807) is 36.4 Å². The first-order valence-electron chi connectivity index (χ1n) is 9.82. The fourth-order valence-electron chi connectivity index (χ4n) is 3.69. The Hall–Kier alpha value is -3.48. The number of hydrogen-bond donors (Lipinski definition) is 0. The maximum Gasteiger partial charge on any atom is 0.295 e. The number of carbonyl (C=O) groups is 3. The van der Waals surface area contributed by atoms with Crippen molar-refractivity contribution in [2.24, 2.45) is 0 Å². The van der Waals surface area contributed by atoms with Crippen molar-refractivity contribution >= 4 is 68.2 Å². The molecule has 0 bridgehead atoms. The number of carbonyl (C=O) groups excluding carboxylic acids is 3. The molecule has 32 heavy (non-hydrogen) atoms. The summed E-state index contributed by atoms with van der Waals surface area (Å²) >= 11 is 7.08. The van der Waals surface area contributed by atoms with Gasteiger partial charge in [0.25, 0.3) is 11.1 Å². The van der Waals surface area contributed by atoms with Gasteiger partial charge in [0.05, 0.1) is 15.9 Å². The molecular weight excluding hydrogens is 444 g/mol. The smallest absolute Gasteiger partial charge is 0.290 e. The zero-order valence-corrected chi connectivity index (χ0v) is 18.1. The van der Waals surface area contributed by atoms with Crippen molar-refractivity contribution in [1.82, 2.24) is 9.88 Å². The summed E-state index contributed by atoms with van der Waals surface area (Å²) in [5.74, 6) is -1.09. The Kier molecular flexibility index (Phi) is 5.25. The van der Waals surface area contributed by atoms with E-state index in [4.69, 9.17) is 11.6 Å². The van der Waals surface area contributed by atoms with Crippen molar-refractivity contribution in [3.8, 4) is 0 Å². The van der Waals surface area contributed by atoms with Gasteiger partial charge >= 0.3 is 0 Å². The van der Waals surface area contributed by atoms with Crippen LogP contribution in [0.5, 0.6) is 0 Å². The Morgan fingerprint density at radius 1 is 0.875 bits per heavy atom. The van der Waals surface area contributed by atoms with Gasteiger partial charge in [0, 0.05) is 16.3 Å². The molecule has 1 atom stereocenters. The molecule has 1 unspecified atom stereocenters. The molecule has 0 radical (unpaired) electrons. The van der Waals surface area contributed by atoms with Crippen molar-refractivity contribution in [2.75, 3.05) is 0 Å². The number of Topliss-reactive ketones (excluding diaryl/α,β-unsaturated/α-hetero) is 1. The minimum Gasteiger partial charge on any atom is -0.290 e. The van der Waals surface area contributed by atoms with E-state index in [-0.39, 0.29) is 4.91 Å². The third kappa shape index (κ3) is 3.47. The maximum absolute atomic E-state index is 13.1. The lowest BCUT2D eigenvalue weighted by molar-refractivity contribution is -0.122. The molecule has 4 aromatic rings. The van der Waals surface area contributed by atoms with Crippen LogP contribution in [0.25, 0.3) is 27.9 Å². The molecular formula is C25H15ClN2O3S. The Labute approximate surface area is 192 Å². The molecule has 0 N–H and O–H groups in total. The molecule has 5 rings (SSSR count). The predicted octanol–water partition coefficient (Wildman–Crippen LogP) is 5.87. The number of nitrogens with zero attached hydrogens (tertiary/aromatic N) is 2. The van der Waals surface area contributed by atoms with Gasteiger partial charge in [-0.3, -0.25) is 14.4 Å². The Bertz CT molecular complexity index is 1380. The molecule has 2 amide bonds. The molecule has 1 aliphatic heterocycles. The first-order valence-corrected chi connectivity index (χ1v) is 11.1. The number of hydrogen-bond acceptors (Lipinski definition) is 5. The van der Waals surface area contributed by atoms with E-state index < -0.39 is 22.4 Å². The Balaban J connectivity index is 1.57. The Morgan fingerprint density at radius 2 is 1.44 bits per heavy atom. The lowest BCUT2D eigenvalue weighted by Crippen LogP contribution is -2.40. The van der Waals surface area contributed by atoms with E-state index in [2.05, 4.69) is 4.98 Å². The normalized spacial score (nSPS) is 16.3. The topological polar surface area (TPSA) is 67.3 Å². The van der Waals surface area contributed by atoms with Crippen LogP contribution in [0.3, 0.4) is 0 Å². The number of ketones is 1. The summed E-state index contributed by atoms with van der Waals surface area (Å²) in [7, 11) is 0. The summed E-state index contributed by atoms with van der Waals surface area (Å²) in [6.07, 6.45) is 1.69. The van der Waals surface area contributed by atoms with Crippen LogP contribution < -0.4 is 0 Å². The second kappa shape index (κ2) is 8.22. The van der Waals surface area contributed by atoms with Crippen LogP contribution in [0.1, 0.15) is 15.9 Å². The fourth-order valence-corrected chi connectivity index (χ4v) is 4.89. The van der Waals surface area contributed by atoms with Crippen LogP contribution in [0.15, 0.2) is 83.8 Å². The highest BCUT2D eigenvalue weighted by Gasteiger charge is 2.42. The number of halogens is 1. The molecule has 3 aromatic carbocycles. The van der Waals surface area contributed by atoms with E-state index in [0.29, 0.717) is 5.56 Å². The van der Waals surface area contributed by atoms with Gasteiger partial charge in [-0.1, -0.05) is 78.3 Å².